The molecule has 0 saturated heterocycles. The molecule has 6 nitrogen and oxygen atoms in total. The number of aromatic nitrogens is 2. The number of hydrogen-bond acceptors (Lipinski definition) is 5. The Morgan fingerprint density at radius 1 is 1.20 bits per heavy atom. The summed E-state index contributed by atoms with van der Waals surface area (Å²) in [4.78, 5) is 28.1. The summed E-state index contributed by atoms with van der Waals surface area (Å²) < 4.78 is 35.8. The molecule has 1 rings (SSSR count). The van der Waals surface area contributed by atoms with Gasteiger partial charge < -0.3 is 11.5 Å². The van der Waals surface area contributed by atoms with E-state index in [4.69, 9.17) is 11.5 Å². The highest BCUT2D eigenvalue weighted by molar-refractivity contribution is 5.83. The normalized spacial score (nSPS) is 11.6. The number of nitrogens with two attached hydrogens (primary N) is 2. The molecule has 9 heteroatoms. The van der Waals surface area contributed by atoms with E-state index >= 15 is 0 Å². The first-order chi connectivity index (χ1) is 9.21. The molecule has 112 valence electrons. The fourth-order valence-electron chi connectivity index (χ4n) is 1.68. The maximum atomic E-state index is 11.9. The van der Waals surface area contributed by atoms with Crippen molar-refractivity contribution >= 4 is 17.5 Å². The van der Waals surface area contributed by atoms with E-state index in [1.54, 1.807) is 0 Å². The number of hydrogen-bond donors (Lipinski definition) is 3. The standard InChI is InChI=1S/C11H15F3N4O2/c12-11(13,14)7(19)5-3-1-2-4-6-8(15)17-10(16)18-9(6)20/h1-5H2,(H5,15,16,17,18,20). The number of H-pyrrole nitrogens is 1. The Bertz CT molecular complexity index is 539. The van der Waals surface area contributed by atoms with Gasteiger partial charge in [0, 0.05) is 6.42 Å². The van der Waals surface area contributed by atoms with Crippen molar-refractivity contribution in [2.45, 2.75) is 38.3 Å². The van der Waals surface area contributed by atoms with E-state index in [1.807, 2.05) is 0 Å². The number of halogens is 3. The van der Waals surface area contributed by atoms with Gasteiger partial charge >= 0.3 is 6.18 Å². The van der Waals surface area contributed by atoms with Gasteiger partial charge in [0.2, 0.25) is 11.7 Å². The molecule has 0 aliphatic heterocycles. The Morgan fingerprint density at radius 3 is 2.40 bits per heavy atom. The van der Waals surface area contributed by atoms with Gasteiger partial charge in [0.25, 0.3) is 5.56 Å². The highest BCUT2D eigenvalue weighted by Crippen LogP contribution is 2.19. The third-order valence-electron chi connectivity index (χ3n) is 2.71. The summed E-state index contributed by atoms with van der Waals surface area (Å²) in [5, 5.41) is 0. The van der Waals surface area contributed by atoms with E-state index < -0.39 is 23.9 Å². The van der Waals surface area contributed by atoms with Crippen molar-refractivity contribution in [3.05, 3.63) is 15.9 Å². The third kappa shape index (κ3) is 4.56. The molecular weight excluding hydrogens is 277 g/mol. The summed E-state index contributed by atoms with van der Waals surface area (Å²) in [5.74, 6) is -1.81. The van der Waals surface area contributed by atoms with Crippen LogP contribution in [0.5, 0.6) is 0 Å². The van der Waals surface area contributed by atoms with E-state index in [9.17, 15) is 22.8 Å². The van der Waals surface area contributed by atoms with Crippen molar-refractivity contribution < 1.29 is 18.0 Å². The van der Waals surface area contributed by atoms with E-state index in [1.165, 1.54) is 0 Å². The minimum atomic E-state index is -4.78. The number of nitrogens with zero attached hydrogens (tertiary/aromatic N) is 1. The minimum Gasteiger partial charge on any atom is -0.383 e. The van der Waals surface area contributed by atoms with E-state index in [0.717, 1.165) is 0 Å². The number of alkyl halides is 3. The lowest BCUT2D eigenvalue weighted by Gasteiger charge is -2.06. The molecule has 0 saturated carbocycles. The average Bonchev–Trinajstić information content (AvgIpc) is 2.29. The number of aromatic amines is 1. The SMILES string of the molecule is Nc1nc(N)c(CCCCCC(=O)C(F)(F)F)c(=O)[nH]1. The van der Waals surface area contributed by atoms with Crippen LogP contribution >= 0.6 is 0 Å². The van der Waals surface area contributed by atoms with Crippen molar-refractivity contribution in [1.29, 1.82) is 0 Å². The Kier molecular flexibility index (Phi) is 5.12. The predicted octanol–water partition coefficient (Wildman–Crippen LogP) is 1.17. The van der Waals surface area contributed by atoms with Gasteiger partial charge in [-0.05, 0) is 19.3 Å². The number of unbranched alkanes of at least 4 members (excludes halogenated alkanes) is 2. The van der Waals surface area contributed by atoms with Gasteiger partial charge in [-0.2, -0.15) is 18.2 Å². The van der Waals surface area contributed by atoms with E-state index in [-0.39, 0.29) is 30.2 Å². The summed E-state index contributed by atoms with van der Waals surface area (Å²) in [5.41, 5.74) is 10.6. The van der Waals surface area contributed by atoms with Crippen molar-refractivity contribution in [3.63, 3.8) is 0 Å². The molecule has 0 aliphatic rings. The Hall–Kier alpha value is -2.06. The second-order valence-corrected chi connectivity index (χ2v) is 4.30. The van der Waals surface area contributed by atoms with Gasteiger partial charge in [-0.1, -0.05) is 6.42 Å². The lowest BCUT2D eigenvalue weighted by Crippen LogP contribution is -2.22. The molecule has 0 radical (unpaired) electrons. The summed E-state index contributed by atoms with van der Waals surface area (Å²) in [6.07, 6.45) is -4.12. The number of carbonyl (C=O) groups excluding carboxylic acids is 1. The predicted molar refractivity (Wildman–Crippen MR) is 66.9 cm³/mol. The first-order valence-electron chi connectivity index (χ1n) is 5.96. The quantitative estimate of drug-likeness (QED) is 0.681. The van der Waals surface area contributed by atoms with Crippen molar-refractivity contribution in [2.24, 2.45) is 0 Å². The fraction of sp³-hybridized carbons (Fsp3) is 0.545. The van der Waals surface area contributed by atoms with Gasteiger partial charge in [-0.15, -0.1) is 0 Å². The fourth-order valence-corrected chi connectivity index (χ4v) is 1.68. The summed E-state index contributed by atoms with van der Waals surface area (Å²) >= 11 is 0. The van der Waals surface area contributed by atoms with Crippen LogP contribution in [0.4, 0.5) is 24.9 Å². The van der Waals surface area contributed by atoms with Crippen LogP contribution in [0.3, 0.4) is 0 Å². The molecular formula is C11H15F3N4O2. The third-order valence-corrected chi connectivity index (χ3v) is 2.71. The Balaban J connectivity index is 2.40. The topological polar surface area (TPSA) is 115 Å². The van der Waals surface area contributed by atoms with Crippen LogP contribution in [0.1, 0.15) is 31.2 Å². The number of nitrogens with one attached hydrogen (secondary N) is 1. The second-order valence-electron chi connectivity index (χ2n) is 4.30. The zero-order chi connectivity index (χ0) is 15.3. The van der Waals surface area contributed by atoms with E-state index in [2.05, 4.69) is 9.97 Å². The number of rotatable bonds is 6. The maximum absolute atomic E-state index is 11.9. The highest BCUT2D eigenvalue weighted by atomic mass is 19.4. The number of Topliss-reactive ketones (excluding diaryl/α,β-unsaturated/α-hetero) is 1. The second kappa shape index (κ2) is 6.40. The molecule has 0 spiro atoms. The van der Waals surface area contributed by atoms with Gasteiger partial charge in [0.1, 0.15) is 5.82 Å². The molecule has 0 amide bonds. The van der Waals surface area contributed by atoms with Crippen LogP contribution in [0.15, 0.2) is 4.79 Å². The molecule has 20 heavy (non-hydrogen) atoms. The molecule has 1 aromatic rings. The van der Waals surface area contributed by atoms with Crippen LogP contribution in [0.2, 0.25) is 0 Å². The first kappa shape index (κ1) is 16.0. The zero-order valence-electron chi connectivity index (χ0n) is 10.6. The lowest BCUT2D eigenvalue weighted by atomic mass is 10.1. The molecule has 0 unspecified atom stereocenters. The average molecular weight is 292 g/mol. The molecule has 0 bridgehead atoms. The van der Waals surface area contributed by atoms with Gasteiger partial charge in [-0.3, -0.25) is 14.6 Å². The van der Waals surface area contributed by atoms with Crippen molar-refractivity contribution in [1.82, 2.24) is 9.97 Å². The molecule has 0 aliphatic carbocycles. The maximum Gasteiger partial charge on any atom is 0.449 e. The van der Waals surface area contributed by atoms with Crippen LogP contribution in [-0.4, -0.2) is 21.9 Å². The monoisotopic (exact) mass is 292 g/mol. The van der Waals surface area contributed by atoms with Gasteiger partial charge in [-0.25, -0.2) is 0 Å². The smallest absolute Gasteiger partial charge is 0.383 e. The summed E-state index contributed by atoms with van der Waals surface area (Å²) in [7, 11) is 0. The van der Waals surface area contributed by atoms with Crippen LogP contribution < -0.4 is 17.0 Å². The Labute approximate surface area is 112 Å². The summed E-state index contributed by atoms with van der Waals surface area (Å²) in [6, 6.07) is 0. The minimum absolute atomic E-state index is 0.0117. The highest BCUT2D eigenvalue weighted by Gasteiger charge is 2.36. The molecule has 5 N–H and O–H groups in total. The zero-order valence-corrected chi connectivity index (χ0v) is 10.6. The number of nitrogen functional groups attached to an aromatic ring is 2. The number of anilines is 2. The van der Waals surface area contributed by atoms with Crippen LogP contribution in [-0.2, 0) is 11.2 Å². The largest absolute Gasteiger partial charge is 0.449 e. The van der Waals surface area contributed by atoms with Crippen molar-refractivity contribution in [2.75, 3.05) is 11.5 Å². The number of ketones is 1. The molecule has 0 fully saturated rings. The summed E-state index contributed by atoms with van der Waals surface area (Å²) in [6.45, 7) is 0. The molecule has 1 heterocycles. The van der Waals surface area contributed by atoms with E-state index in [0.29, 0.717) is 12.8 Å². The van der Waals surface area contributed by atoms with Crippen LogP contribution in [0.25, 0.3) is 0 Å². The van der Waals surface area contributed by atoms with Gasteiger partial charge in [0.15, 0.2) is 0 Å². The molecule has 1 aromatic heterocycles. The van der Waals surface area contributed by atoms with Gasteiger partial charge in [0.05, 0.1) is 5.56 Å². The lowest BCUT2D eigenvalue weighted by molar-refractivity contribution is -0.171. The molecule has 0 atom stereocenters. The van der Waals surface area contributed by atoms with Crippen molar-refractivity contribution in [3.8, 4) is 0 Å². The number of carbonyl (C=O) groups is 1. The Morgan fingerprint density at radius 2 is 1.85 bits per heavy atom. The first-order valence-corrected chi connectivity index (χ1v) is 5.96. The van der Waals surface area contributed by atoms with Crippen LogP contribution in [0, 0.1) is 0 Å². The molecule has 0 aromatic carbocycles.